The first kappa shape index (κ1) is 23.2. The van der Waals surface area contributed by atoms with Crippen molar-refractivity contribution in [2.75, 3.05) is 13.1 Å². The highest BCUT2D eigenvalue weighted by atomic mass is 15.1. The van der Waals surface area contributed by atoms with Crippen LogP contribution in [0.3, 0.4) is 0 Å². The van der Waals surface area contributed by atoms with Crippen molar-refractivity contribution in [2.45, 2.75) is 52.6 Å². The minimum atomic E-state index is 0.215. The molecule has 6 heteroatoms. The summed E-state index contributed by atoms with van der Waals surface area (Å²) >= 11 is 0. The summed E-state index contributed by atoms with van der Waals surface area (Å²) in [5.41, 5.74) is 7.26. The van der Waals surface area contributed by atoms with Crippen molar-refractivity contribution in [1.82, 2.24) is 30.6 Å². The van der Waals surface area contributed by atoms with Crippen LogP contribution in [0.2, 0.25) is 0 Å². The van der Waals surface area contributed by atoms with E-state index in [1.807, 2.05) is 12.4 Å². The van der Waals surface area contributed by atoms with Crippen LogP contribution >= 0.6 is 0 Å². The zero-order valence-electron chi connectivity index (χ0n) is 21.7. The molecule has 2 aliphatic rings. The van der Waals surface area contributed by atoms with E-state index in [-0.39, 0.29) is 22.9 Å². The van der Waals surface area contributed by atoms with Gasteiger partial charge in [-0.05, 0) is 59.0 Å². The molecule has 2 atom stereocenters. The van der Waals surface area contributed by atoms with Crippen LogP contribution in [0.15, 0.2) is 60.9 Å². The average molecular weight is 481 g/mol. The van der Waals surface area contributed by atoms with Crippen LogP contribution in [0.1, 0.15) is 64.3 Å². The second kappa shape index (κ2) is 8.71. The Labute approximate surface area is 213 Å². The number of nitrogens with zero attached hydrogens (tertiary/aromatic N) is 2. The molecule has 2 aliphatic heterocycles. The third-order valence-corrected chi connectivity index (χ3v) is 8.26. The van der Waals surface area contributed by atoms with Gasteiger partial charge in [0.15, 0.2) is 0 Å². The van der Waals surface area contributed by atoms with Gasteiger partial charge < -0.3 is 20.6 Å². The maximum Gasteiger partial charge on any atom is 0.124 e. The highest BCUT2D eigenvalue weighted by Crippen LogP contribution is 2.41. The standard InChI is InChI=1S/C30H36N6/c1-29(2)13-15-31-25(29)27-33-17-23(35-27)21-9-5-19(6-10-21)20-7-11-22(12-8-20)24-18-34-28(36-24)26-30(3,4)14-16-32-26/h5-12,17-18,25-26,31-32H,13-16H2,1-4H3,(H,33,35)(H,34,36)/t25-,26-/m1/s1. The molecule has 2 aromatic heterocycles. The second-order valence-corrected chi connectivity index (χ2v) is 11.8. The van der Waals surface area contributed by atoms with Crippen molar-refractivity contribution < 1.29 is 0 Å². The Hall–Kier alpha value is -3.22. The molecule has 2 saturated heterocycles. The van der Waals surface area contributed by atoms with Gasteiger partial charge in [0, 0.05) is 0 Å². The van der Waals surface area contributed by atoms with Gasteiger partial charge in [0.25, 0.3) is 0 Å². The lowest BCUT2D eigenvalue weighted by Crippen LogP contribution is -2.24. The van der Waals surface area contributed by atoms with E-state index in [0.717, 1.165) is 47.3 Å². The summed E-state index contributed by atoms with van der Waals surface area (Å²) in [7, 11) is 0. The quantitative estimate of drug-likeness (QED) is 0.272. The van der Waals surface area contributed by atoms with Crippen LogP contribution in [0.4, 0.5) is 0 Å². The molecule has 4 aromatic rings. The number of rotatable bonds is 5. The number of aromatic amines is 2. The van der Waals surface area contributed by atoms with Gasteiger partial charge in [-0.1, -0.05) is 76.2 Å². The van der Waals surface area contributed by atoms with Gasteiger partial charge in [-0.2, -0.15) is 0 Å². The summed E-state index contributed by atoms with van der Waals surface area (Å²) < 4.78 is 0. The Bertz CT molecular complexity index is 1240. The summed E-state index contributed by atoms with van der Waals surface area (Å²) in [4.78, 5) is 16.5. The maximum absolute atomic E-state index is 4.69. The van der Waals surface area contributed by atoms with E-state index in [1.54, 1.807) is 0 Å². The first-order valence-electron chi connectivity index (χ1n) is 13.1. The number of imidazole rings is 2. The van der Waals surface area contributed by atoms with Crippen molar-refractivity contribution in [3.63, 3.8) is 0 Å². The Kier molecular flexibility index (Phi) is 5.61. The monoisotopic (exact) mass is 480 g/mol. The van der Waals surface area contributed by atoms with Crippen LogP contribution in [-0.4, -0.2) is 33.0 Å². The van der Waals surface area contributed by atoms with Gasteiger partial charge in [-0.3, -0.25) is 0 Å². The fourth-order valence-corrected chi connectivity index (χ4v) is 5.80. The molecule has 2 fully saturated rings. The van der Waals surface area contributed by atoms with Crippen molar-refractivity contribution in [3.05, 3.63) is 72.6 Å². The van der Waals surface area contributed by atoms with Crippen LogP contribution in [-0.2, 0) is 0 Å². The molecule has 186 valence electrons. The third kappa shape index (κ3) is 4.18. The molecule has 0 unspecified atom stereocenters. The number of hydrogen-bond acceptors (Lipinski definition) is 4. The fraction of sp³-hybridized carbons (Fsp3) is 0.400. The zero-order chi connectivity index (χ0) is 24.9. The molecule has 4 N–H and O–H groups in total. The van der Waals surface area contributed by atoms with Gasteiger partial charge in [-0.25, -0.2) is 9.97 Å². The van der Waals surface area contributed by atoms with Crippen LogP contribution in [0.5, 0.6) is 0 Å². The number of nitrogens with one attached hydrogen (secondary N) is 4. The number of aromatic nitrogens is 4. The fourth-order valence-electron chi connectivity index (χ4n) is 5.80. The lowest BCUT2D eigenvalue weighted by Gasteiger charge is -2.24. The van der Waals surface area contributed by atoms with Crippen LogP contribution < -0.4 is 10.6 Å². The molecule has 0 spiro atoms. The summed E-state index contributed by atoms with van der Waals surface area (Å²) in [5, 5.41) is 7.18. The molecule has 0 bridgehead atoms. The molecule has 36 heavy (non-hydrogen) atoms. The maximum atomic E-state index is 4.69. The summed E-state index contributed by atoms with van der Waals surface area (Å²) in [5.74, 6) is 2.06. The van der Waals surface area contributed by atoms with E-state index in [2.05, 4.69) is 96.8 Å². The Balaban J connectivity index is 1.17. The number of hydrogen-bond donors (Lipinski definition) is 4. The van der Waals surface area contributed by atoms with E-state index >= 15 is 0 Å². The smallest absolute Gasteiger partial charge is 0.124 e. The largest absolute Gasteiger partial charge is 0.341 e. The molecule has 2 aromatic carbocycles. The average Bonchev–Trinajstić information content (AvgIpc) is 3.65. The lowest BCUT2D eigenvalue weighted by molar-refractivity contribution is 0.310. The predicted octanol–water partition coefficient (Wildman–Crippen LogP) is 6.26. The number of benzene rings is 2. The summed E-state index contributed by atoms with van der Waals surface area (Å²) in [6.45, 7) is 11.3. The molecule has 6 rings (SSSR count). The summed E-state index contributed by atoms with van der Waals surface area (Å²) in [6, 6.07) is 18.0. The van der Waals surface area contributed by atoms with E-state index < -0.39 is 0 Å². The van der Waals surface area contributed by atoms with Crippen molar-refractivity contribution in [1.29, 1.82) is 0 Å². The molecule has 0 aliphatic carbocycles. The molecular formula is C30H36N6. The third-order valence-electron chi connectivity index (χ3n) is 8.26. The lowest BCUT2D eigenvalue weighted by atomic mass is 9.84. The second-order valence-electron chi connectivity index (χ2n) is 11.8. The molecular weight excluding hydrogens is 444 g/mol. The van der Waals surface area contributed by atoms with Crippen LogP contribution in [0, 0.1) is 10.8 Å². The Morgan fingerprint density at radius 1 is 0.583 bits per heavy atom. The van der Waals surface area contributed by atoms with E-state index in [9.17, 15) is 0 Å². The van der Waals surface area contributed by atoms with E-state index in [0.29, 0.717) is 0 Å². The number of H-pyrrole nitrogens is 2. The van der Waals surface area contributed by atoms with Crippen molar-refractivity contribution in [2.24, 2.45) is 10.8 Å². The highest BCUT2D eigenvalue weighted by molar-refractivity contribution is 5.71. The SMILES string of the molecule is CC1(C)CCN[C@@H]1c1ncc(-c2ccc(-c3ccc(-c4cnc([C@H]5NCCC5(C)C)[nH]4)cc3)cc2)[nH]1. The van der Waals surface area contributed by atoms with Gasteiger partial charge in [0.2, 0.25) is 0 Å². The minimum Gasteiger partial charge on any atom is -0.341 e. The first-order chi connectivity index (χ1) is 17.3. The molecule has 4 heterocycles. The van der Waals surface area contributed by atoms with Gasteiger partial charge in [-0.15, -0.1) is 0 Å². The first-order valence-corrected chi connectivity index (χ1v) is 13.1. The molecule has 0 saturated carbocycles. The van der Waals surface area contributed by atoms with Gasteiger partial charge in [0.1, 0.15) is 11.6 Å². The van der Waals surface area contributed by atoms with Gasteiger partial charge >= 0.3 is 0 Å². The normalized spacial score (nSPS) is 22.8. The predicted molar refractivity (Wildman–Crippen MR) is 145 cm³/mol. The minimum absolute atomic E-state index is 0.215. The topological polar surface area (TPSA) is 81.4 Å². The van der Waals surface area contributed by atoms with E-state index in [1.165, 1.54) is 24.0 Å². The van der Waals surface area contributed by atoms with Crippen molar-refractivity contribution >= 4 is 0 Å². The Morgan fingerprint density at radius 3 is 1.28 bits per heavy atom. The van der Waals surface area contributed by atoms with Gasteiger partial charge in [0.05, 0.1) is 35.9 Å². The molecule has 0 amide bonds. The molecule has 0 radical (unpaired) electrons. The van der Waals surface area contributed by atoms with Crippen LogP contribution in [0.25, 0.3) is 33.6 Å². The Morgan fingerprint density at radius 2 is 0.944 bits per heavy atom. The van der Waals surface area contributed by atoms with E-state index in [4.69, 9.17) is 9.97 Å². The molecule has 6 nitrogen and oxygen atoms in total. The summed E-state index contributed by atoms with van der Waals surface area (Å²) in [6.07, 6.45) is 6.24. The van der Waals surface area contributed by atoms with Crippen molar-refractivity contribution in [3.8, 4) is 33.6 Å². The highest BCUT2D eigenvalue weighted by Gasteiger charge is 2.38. The zero-order valence-corrected chi connectivity index (χ0v) is 21.7.